The van der Waals surface area contributed by atoms with Crippen LogP contribution in [0.2, 0.25) is 0 Å². The summed E-state index contributed by atoms with van der Waals surface area (Å²) in [5.41, 5.74) is 2.67. The molecule has 4 aliphatic carbocycles. The number of carbonyl (C=O) groups excluding carboxylic acids is 3. The van der Waals surface area contributed by atoms with E-state index in [0.29, 0.717) is 42.8 Å². The van der Waals surface area contributed by atoms with Crippen molar-refractivity contribution in [2.24, 2.45) is 34.5 Å². The molecule has 4 aliphatic rings. The van der Waals surface area contributed by atoms with Gasteiger partial charge in [0.1, 0.15) is 6.61 Å². The number of esters is 1. The van der Waals surface area contributed by atoms with Crippen LogP contribution < -0.4 is 0 Å². The first-order valence-corrected chi connectivity index (χ1v) is 13.3. The zero-order chi connectivity index (χ0) is 23.9. The summed E-state index contributed by atoms with van der Waals surface area (Å²) in [4.78, 5) is 37.6. The van der Waals surface area contributed by atoms with Crippen LogP contribution >= 0.6 is 0 Å². The Hall–Kier alpha value is -2.23. The molecule has 182 valence electrons. The fourth-order valence-electron chi connectivity index (χ4n) is 8.30. The number of carbonyl (C=O) groups is 3. The molecule has 6 atom stereocenters. The molecular weight excluding hydrogens is 424 g/mol. The molecule has 1 aromatic rings. The van der Waals surface area contributed by atoms with Gasteiger partial charge in [-0.15, -0.1) is 0 Å². The van der Waals surface area contributed by atoms with Gasteiger partial charge in [-0.1, -0.05) is 49.8 Å². The maximum Gasteiger partial charge on any atom is 0.306 e. The Labute approximate surface area is 203 Å². The molecule has 0 N–H and O–H groups in total. The van der Waals surface area contributed by atoms with Gasteiger partial charge in [-0.05, 0) is 91.6 Å². The number of hydrogen-bond acceptors (Lipinski definition) is 4. The van der Waals surface area contributed by atoms with Crippen molar-refractivity contribution in [3.63, 3.8) is 0 Å². The third-order valence-electron chi connectivity index (χ3n) is 10.2. The highest BCUT2D eigenvalue weighted by Crippen LogP contribution is 2.66. The number of benzene rings is 1. The van der Waals surface area contributed by atoms with E-state index in [1.807, 2.05) is 36.4 Å². The van der Waals surface area contributed by atoms with Crippen LogP contribution in [0.5, 0.6) is 0 Å². The lowest BCUT2D eigenvalue weighted by atomic mass is 9.46. The summed E-state index contributed by atoms with van der Waals surface area (Å²) < 4.78 is 5.44. The topological polar surface area (TPSA) is 60.4 Å². The summed E-state index contributed by atoms with van der Waals surface area (Å²) in [7, 11) is 0. The molecule has 0 saturated heterocycles. The van der Waals surface area contributed by atoms with E-state index < -0.39 is 0 Å². The van der Waals surface area contributed by atoms with E-state index in [1.165, 1.54) is 5.57 Å². The molecule has 0 radical (unpaired) electrons. The van der Waals surface area contributed by atoms with Crippen LogP contribution in [0.15, 0.2) is 42.0 Å². The number of allylic oxidation sites excluding steroid dienone is 1. The zero-order valence-electron chi connectivity index (χ0n) is 20.7. The summed E-state index contributed by atoms with van der Waals surface area (Å²) in [6.07, 6.45) is 11.0. The number of aryl methyl sites for hydroxylation is 1. The van der Waals surface area contributed by atoms with E-state index >= 15 is 0 Å². The van der Waals surface area contributed by atoms with Crippen LogP contribution in [-0.2, 0) is 25.5 Å². The lowest BCUT2D eigenvalue weighted by molar-refractivity contribution is -0.151. The van der Waals surface area contributed by atoms with Crippen molar-refractivity contribution in [2.75, 3.05) is 6.61 Å². The molecular formula is C30H38O4. The first-order valence-electron chi connectivity index (χ1n) is 13.3. The third-order valence-corrected chi connectivity index (χ3v) is 10.2. The van der Waals surface area contributed by atoms with E-state index in [2.05, 4.69) is 13.8 Å². The smallest absolute Gasteiger partial charge is 0.306 e. The Morgan fingerprint density at radius 3 is 2.56 bits per heavy atom. The van der Waals surface area contributed by atoms with E-state index in [0.717, 1.165) is 50.5 Å². The van der Waals surface area contributed by atoms with Crippen molar-refractivity contribution in [2.45, 2.75) is 78.1 Å². The average Bonchev–Trinajstić information content (AvgIpc) is 3.19. The minimum absolute atomic E-state index is 0.00180. The maximum atomic E-state index is 13.2. The predicted molar refractivity (Wildman–Crippen MR) is 131 cm³/mol. The molecule has 0 spiro atoms. The molecule has 3 saturated carbocycles. The molecule has 0 aromatic heterocycles. The molecule has 0 amide bonds. The van der Waals surface area contributed by atoms with Crippen molar-refractivity contribution < 1.29 is 19.1 Å². The fourth-order valence-corrected chi connectivity index (χ4v) is 8.30. The monoisotopic (exact) mass is 462 g/mol. The molecule has 0 aliphatic heterocycles. The Kier molecular flexibility index (Phi) is 6.29. The number of hydrogen-bond donors (Lipinski definition) is 0. The van der Waals surface area contributed by atoms with Gasteiger partial charge in [0.2, 0.25) is 0 Å². The second-order valence-electron chi connectivity index (χ2n) is 11.8. The molecule has 0 bridgehead atoms. The molecule has 3 fully saturated rings. The van der Waals surface area contributed by atoms with Crippen molar-refractivity contribution >= 4 is 17.5 Å². The van der Waals surface area contributed by atoms with Crippen molar-refractivity contribution in [3.8, 4) is 0 Å². The fraction of sp³-hybridized carbons (Fsp3) is 0.633. The first-order chi connectivity index (χ1) is 16.3. The molecule has 4 nitrogen and oxygen atoms in total. The number of ketones is 2. The van der Waals surface area contributed by atoms with Gasteiger partial charge < -0.3 is 4.74 Å². The predicted octanol–water partition coefficient (Wildman–Crippen LogP) is 5.88. The Morgan fingerprint density at radius 1 is 0.971 bits per heavy atom. The van der Waals surface area contributed by atoms with Crippen LogP contribution in [-0.4, -0.2) is 24.1 Å². The van der Waals surface area contributed by atoms with Gasteiger partial charge in [-0.2, -0.15) is 0 Å². The van der Waals surface area contributed by atoms with Crippen LogP contribution in [0.25, 0.3) is 0 Å². The van der Waals surface area contributed by atoms with Crippen molar-refractivity contribution in [3.05, 3.63) is 47.5 Å². The second kappa shape index (κ2) is 9.09. The zero-order valence-corrected chi connectivity index (χ0v) is 20.7. The Balaban J connectivity index is 1.20. The SMILES string of the molecule is C[C@]12CC[C@H]3[C@@H](CCC4=CC(=O)CC[C@@]43C)[C@@H]1CC[C@H]2C(=O)COC(=O)CCc1ccccc1. The summed E-state index contributed by atoms with van der Waals surface area (Å²) in [5, 5.41) is 0. The molecule has 0 heterocycles. The van der Waals surface area contributed by atoms with Gasteiger partial charge in [-0.3, -0.25) is 14.4 Å². The average molecular weight is 463 g/mol. The van der Waals surface area contributed by atoms with Crippen LogP contribution in [0.1, 0.15) is 77.2 Å². The lowest BCUT2D eigenvalue weighted by Gasteiger charge is -2.58. The number of fused-ring (bicyclic) bond motifs is 5. The van der Waals surface area contributed by atoms with Gasteiger partial charge in [0.25, 0.3) is 0 Å². The van der Waals surface area contributed by atoms with Gasteiger partial charge in [-0.25, -0.2) is 0 Å². The van der Waals surface area contributed by atoms with E-state index in [9.17, 15) is 14.4 Å². The summed E-state index contributed by atoms with van der Waals surface area (Å²) in [6, 6.07) is 9.90. The van der Waals surface area contributed by atoms with Crippen LogP contribution in [0.3, 0.4) is 0 Å². The summed E-state index contributed by atoms with van der Waals surface area (Å²) in [6.45, 7) is 4.65. The minimum atomic E-state index is -0.285. The van der Waals surface area contributed by atoms with Crippen molar-refractivity contribution in [1.29, 1.82) is 0 Å². The standard InChI is InChI=1S/C30H38O4/c1-29-16-14-22(31)18-21(29)9-10-23-24-11-12-26(30(24,2)17-15-25(23)29)27(32)19-34-28(33)13-8-20-6-4-3-5-7-20/h3-7,18,23-26H,8-17,19H2,1-2H3/t23-,24-,25-,26-,29-,30-/m0/s1. The number of ether oxygens (including phenoxy) is 1. The van der Waals surface area contributed by atoms with E-state index in [-0.39, 0.29) is 35.1 Å². The van der Waals surface area contributed by atoms with Crippen LogP contribution in [0.4, 0.5) is 0 Å². The van der Waals surface area contributed by atoms with E-state index in [1.54, 1.807) is 0 Å². The Morgan fingerprint density at radius 2 is 1.76 bits per heavy atom. The summed E-state index contributed by atoms with van der Waals surface area (Å²) >= 11 is 0. The maximum absolute atomic E-state index is 13.2. The molecule has 1 aromatic carbocycles. The van der Waals surface area contributed by atoms with Gasteiger partial charge in [0.05, 0.1) is 0 Å². The van der Waals surface area contributed by atoms with E-state index in [4.69, 9.17) is 4.74 Å². The van der Waals surface area contributed by atoms with Crippen LogP contribution in [0, 0.1) is 34.5 Å². The lowest BCUT2D eigenvalue weighted by Crippen LogP contribution is -2.51. The molecule has 34 heavy (non-hydrogen) atoms. The molecule has 4 heteroatoms. The minimum Gasteiger partial charge on any atom is -0.458 e. The normalized spacial score (nSPS) is 36.6. The summed E-state index contributed by atoms with van der Waals surface area (Å²) in [5.74, 6) is 1.96. The molecule has 0 unspecified atom stereocenters. The number of rotatable bonds is 6. The van der Waals surface area contributed by atoms with Crippen molar-refractivity contribution in [1.82, 2.24) is 0 Å². The van der Waals surface area contributed by atoms with Gasteiger partial charge >= 0.3 is 5.97 Å². The quantitative estimate of drug-likeness (QED) is 0.495. The highest BCUT2D eigenvalue weighted by molar-refractivity contribution is 5.91. The second-order valence-corrected chi connectivity index (χ2v) is 11.8. The van der Waals surface area contributed by atoms with Gasteiger partial charge in [0.15, 0.2) is 11.6 Å². The Bertz CT molecular complexity index is 994. The highest BCUT2D eigenvalue weighted by Gasteiger charge is 2.60. The first kappa shape index (κ1) is 23.5. The number of Topliss-reactive ketones (excluding diaryl/α,β-unsaturated/α-hetero) is 1. The third kappa shape index (κ3) is 4.07. The largest absolute Gasteiger partial charge is 0.458 e. The highest BCUT2D eigenvalue weighted by atomic mass is 16.5. The molecule has 5 rings (SSSR count). The van der Waals surface area contributed by atoms with Gasteiger partial charge in [0, 0.05) is 18.8 Å².